The zero-order valence-electron chi connectivity index (χ0n) is 25.1. The summed E-state index contributed by atoms with van der Waals surface area (Å²) in [6.07, 6.45) is 0.756. The first-order valence-electron chi connectivity index (χ1n) is 14.4. The van der Waals surface area contributed by atoms with Gasteiger partial charge in [0.1, 0.15) is 5.75 Å². The molecule has 0 spiro atoms. The van der Waals surface area contributed by atoms with Gasteiger partial charge in [0.25, 0.3) is 0 Å². The van der Waals surface area contributed by atoms with Gasteiger partial charge >= 0.3 is 5.97 Å². The zero-order valence-corrected chi connectivity index (χ0v) is 26.7. The summed E-state index contributed by atoms with van der Waals surface area (Å²) in [6.45, 7) is 6.87. The number of hydrogen-bond acceptors (Lipinski definition) is 7. The lowest BCUT2D eigenvalue weighted by molar-refractivity contribution is -0.149. The molecule has 1 aliphatic heterocycles. The number of piperidine rings is 1. The minimum atomic E-state index is -4.01. The molecule has 0 amide bonds. The van der Waals surface area contributed by atoms with E-state index < -0.39 is 20.0 Å². The maximum absolute atomic E-state index is 14.0. The van der Waals surface area contributed by atoms with E-state index in [-0.39, 0.29) is 54.5 Å². The molecule has 4 rings (SSSR count). The number of hydrogen-bond donors (Lipinski definition) is 0. The largest absolute Gasteiger partial charge is 0.497 e. The number of sulfonamides is 2. The fraction of sp³-hybridized carbons (Fsp3) is 0.406. The monoisotopic (exact) mass is 628 g/mol. The highest BCUT2D eigenvalue weighted by atomic mass is 32.2. The average Bonchev–Trinajstić information content (AvgIpc) is 3.01. The highest BCUT2D eigenvalue weighted by Gasteiger charge is 2.33. The molecule has 0 unspecified atom stereocenters. The van der Waals surface area contributed by atoms with E-state index in [1.54, 1.807) is 26.2 Å². The number of benzene rings is 3. The van der Waals surface area contributed by atoms with Crippen molar-refractivity contribution in [2.24, 2.45) is 5.92 Å². The summed E-state index contributed by atoms with van der Waals surface area (Å²) in [7, 11) is -6.30. The fourth-order valence-corrected chi connectivity index (χ4v) is 7.93. The molecular formula is C32H40N2O7S2. The van der Waals surface area contributed by atoms with Crippen molar-refractivity contribution in [2.75, 3.05) is 26.8 Å². The van der Waals surface area contributed by atoms with E-state index in [0.29, 0.717) is 24.5 Å². The summed E-state index contributed by atoms with van der Waals surface area (Å²) in [5, 5.41) is 0. The van der Waals surface area contributed by atoms with E-state index in [9.17, 15) is 21.6 Å². The fourth-order valence-electron chi connectivity index (χ4n) is 5.05. The second-order valence-corrected chi connectivity index (χ2v) is 14.8. The molecule has 0 N–H and O–H groups in total. The van der Waals surface area contributed by atoms with Gasteiger partial charge in [-0.25, -0.2) is 16.8 Å². The van der Waals surface area contributed by atoms with Gasteiger partial charge in [-0.05, 0) is 78.8 Å². The van der Waals surface area contributed by atoms with Crippen molar-refractivity contribution in [1.82, 2.24) is 8.61 Å². The average molecular weight is 629 g/mol. The first kappa shape index (κ1) is 32.7. The quantitative estimate of drug-likeness (QED) is 0.255. The van der Waals surface area contributed by atoms with Gasteiger partial charge in [0.2, 0.25) is 20.0 Å². The van der Waals surface area contributed by atoms with Crippen LogP contribution >= 0.6 is 0 Å². The van der Waals surface area contributed by atoms with Gasteiger partial charge in [0, 0.05) is 26.2 Å². The topological polar surface area (TPSA) is 110 Å². The van der Waals surface area contributed by atoms with E-state index in [0.717, 1.165) is 16.7 Å². The summed E-state index contributed by atoms with van der Waals surface area (Å²) in [5.41, 5.74) is 2.79. The highest BCUT2D eigenvalue weighted by molar-refractivity contribution is 7.89. The lowest BCUT2D eigenvalue weighted by Crippen LogP contribution is -2.40. The molecule has 0 atom stereocenters. The molecule has 232 valence electrons. The third-order valence-corrected chi connectivity index (χ3v) is 11.4. The van der Waals surface area contributed by atoms with E-state index in [1.165, 1.54) is 32.9 Å². The summed E-state index contributed by atoms with van der Waals surface area (Å²) >= 11 is 0. The molecule has 1 saturated heterocycles. The van der Waals surface area contributed by atoms with Crippen LogP contribution in [-0.2, 0) is 42.7 Å². The third-order valence-electron chi connectivity index (χ3n) is 7.70. The van der Waals surface area contributed by atoms with Crippen molar-refractivity contribution < 1.29 is 31.1 Å². The Hall–Kier alpha value is -3.25. The molecule has 0 radical (unpaired) electrons. The van der Waals surface area contributed by atoms with Gasteiger partial charge < -0.3 is 9.47 Å². The van der Waals surface area contributed by atoms with Crippen LogP contribution in [0.2, 0.25) is 0 Å². The minimum absolute atomic E-state index is 0.000202. The highest BCUT2D eigenvalue weighted by Crippen LogP contribution is 2.28. The molecule has 0 aliphatic carbocycles. The maximum Gasteiger partial charge on any atom is 0.309 e. The number of esters is 1. The molecule has 0 bridgehead atoms. The van der Waals surface area contributed by atoms with E-state index in [1.807, 2.05) is 36.4 Å². The van der Waals surface area contributed by atoms with Crippen molar-refractivity contribution >= 4 is 26.0 Å². The van der Waals surface area contributed by atoms with Crippen LogP contribution in [-0.4, -0.2) is 58.2 Å². The summed E-state index contributed by atoms with van der Waals surface area (Å²) in [5.74, 6) is 0.401. The van der Waals surface area contributed by atoms with Crippen LogP contribution in [0.5, 0.6) is 5.75 Å². The van der Waals surface area contributed by atoms with Gasteiger partial charge in [-0.3, -0.25) is 4.79 Å². The summed E-state index contributed by atoms with van der Waals surface area (Å²) < 4.78 is 67.6. The van der Waals surface area contributed by atoms with Crippen molar-refractivity contribution in [3.8, 4) is 5.75 Å². The Balaban J connectivity index is 1.56. The zero-order chi connectivity index (χ0) is 31.2. The Morgan fingerprint density at radius 1 is 0.837 bits per heavy atom. The van der Waals surface area contributed by atoms with Crippen LogP contribution in [0.15, 0.2) is 82.6 Å². The molecule has 11 heteroatoms. The van der Waals surface area contributed by atoms with Crippen molar-refractivity contribution in [2.45, 2.75) is 62.4 Å². The van der Waals surface area contributed by atoms with E-state index in [2.05, 4.69) is 13.8 Å². The Morgan fingerprint density at radius 2 is 1.35 bits per heavy atom. The Bertz CT molecular complexity index is 1580. The van der Waals surface area contributed by atoms with Gasteiger partial charge in [0.15, 0.2) is 0 Å². The molecule has 1 aliphatic rings. The number of methoxy groups -OCH3 is 1. The van der Waals surface area contributed by atoms with Crippen molar-refractivity contribution in [1.29, 1.82) is 0 Å². The number of rotatable bonds is 12. The molecule has 0 aromatic heterocycles. The Kier molecular flexibility index (Phi) is 10.7. The Labute approximate surface area is 255 Å². The van der Waals surface area contributed by atoms with Crippen LogP contribution in [0.4, 0.5) is 0 Å². The summed E-state index contributed by atoms with van der Waals surface area (Å²) in [4.78, 5) is 12.1. The molecule has 1 heterocycles. The maximum atomic E-state index is 14.0. The normalized spacial score (nSPS) is 15.1. The van der Waals surface area contributed by atoms with Crippen LogP contribution in [0.1, 0.15) is 56.2 Å². The smallest absolute Gasteiger partial charge is 0.309 e. The van der Waals surface area contributed by atoms with Crippen LogP contribution in [0.3, 0.4) is 0 Å². The van der Waals surface area contributed by atoms with Crippen LogP contribution in [0, 0.1) is 5.92 Å². The molecular weight excluding hydrogens is 588 g/mol. The first-order chi connectivity index (χ1) is 20.4. The third kappa shape index (κ3) is 7.83. The van der Waals surface area contributed by atoms with Gasteiger partial charge in [0.05, 0.1) is 29.4 Å². The molecule has 1 fully saturated rings. The minimum Gasteiger partial charge on any atom is -0.497 e. The predicted octanol–water partition coefficient (Wildman–Crippen LogP) is 5.17. The Morgan fingerprint density at radius 3 is 1.84 bits per heavy atom. The number of nitrogens with zero attached hydrogens (tertiary/aromatic N) is 2. The van der Waals surface area contributed by atoms with Crippen molar-refractivity contribution in [3.63, 3.8) is 0 Å². The first-order valence-corrected chi connectivity index (χ1v) is 17.3. The molecule has 3 aromatic carbocycles. The van der Waals surface area contributed by atoms with Crippen molar-refractivity contribution in [3.05, 3.63) is 89.5 Å². The SMILES string of the molecule is CCOC(=O)C1CCN(S(=O)(=O)c2ccc(S(=O)(=O)N(Cc3ccc(OC)cc3)Cc3ccc(C(C)C)cc3)cc2)CC1. The van der Waals surface area contributed by atoms with E-state index in [4.69, 9.17) is 9.47 Å². The molecule has 3 aromatic rings. The van der Waals surface area contributed by atoms with Crippen LogP contribution < -0.4 is 4.74 Å². The molecule has 9 nitrogen and oxygen atoms in total. The second-order valence-electron chi connectivity index (χ2n) is 10.9. The number of ether oxygens (including phenoxy) is 2. The van der Waals surface area contributed by atoms with Gasteiger partial charge in [-0.2, -0.15) is 8.61 Å². The lowest BCUT2D eigenvalue weighted by Gasteiger charge is -2.30. The predicted molar refractivity (Wildman–Crippen MR) is 165 cm³/mol. The lowest BCUT2D eigenvalue weighted by atomic mass is 9.98. The number of carbonyl (C=O) groups excluding carboxylic acids is 1. The van der Waals surface area contributed by atoms with E-state index >= 15 is 0 Å². The van der Waals surface area contributed by atoms with Gasteiger partial charge in [-0.15, -0.1) is 0 Å². The number of carbonyl (C=O) groups is 1. The van der Waals surface area contributed by atoms with Gasteiger partial charge in [-0.1, -0.05) is 50.2 Å². The molecule has 43 heavy (non-hydrogen) atoms. The standard InChI is InChI=1S/C32H40N2O7S2/c1-5-41-32(35)28-18-20-33(21-19-28)42(36,37)30-14-16-31(17-15-30)43(38,39)34(23-26-8-12-29(40-4)13-9-26)22-25-6-10-27(11-7-25)24(2)3/h6-17,24,28H,5,18-23H2,1-4H3. The molecule has 0 saturated carbocycles. The second kappa shape index (κ2) is 14.0. The summed E-state index contributed by atoms with van der Waals surface area (Å²) in [6, 6.07) is 20.5. The van der Waals surface area contributed by atoms with Crippen LogP contribution in [0.25, 0.3) is 0 Å².